The fourth-order valence-corrected chi connectivity index (χ4v) is 6.02. The smallest absolute Gasteiger partial charge is 0.303 e. The monoisotopic (exact) mass is 510 g/mol. The summed E-state index contributed by atoms with van der Waals surface area (Å²) in [5.74, 6) is -0.711. The predicted molar refractivity (Wildman–Crippen MR) is 134 cm³/mol. The number of sulfonamides is 1. The number of benzene rings is 1. The number of aromatic nitrogens is 2. The molecule has 2 aromatic heterocycles. The van der Waals surface area contributed by atoms with Gasteiger partial charge in [0.15, 0.2) is 0 Å². The van der Waals surface area contributed by atoms with Crippen LogP contribution in [0.15, 0.2) is 40.2 Å². The molecule has 1 saturated heterocycles. The van der Waals surface area contributed by atoms with Crippen LogP contribution in [-0.4, -0.2) is 58.9 Å². The van der Waals surface area contributed by atoms with Crippen molar-refractivity contribution >= 4 is 50.2 Å². The van der Waals surface area contributed by atoms with E-state index in [1.54, 1.807) is 28.7 Å². The van der Waals surface area contributed by atoms with Crippen LogP contribution in [0.1, 0.15) is 45.4 Å². The van der Waals surface area contributed by atoms with Gasteiger partial charge in [0.05, 0.1) is 4.90 Å². The first-order chi connectivity index (χ1) is 15.8. The van der Waals surface area contributed by atoms with Crippen LogP contribution in [0.25, 0.3) is 21.8 Å². The van der Waals surface area contributed by atoms with Crippen LogP contribution in [-0.2, 0) is 14.8 Å². The third-order valence-corrected chi connectivity index (χ3v) is 8.01. The van der Waals surface area contributed by atoms with Crippen LogP contribution in [0.3, 0.4) is 0 Å². The quantitative estimate of drug-likeness (QED) is 0.385. The van der Waals surface area contributed by atoms with Crippen molar-refractivity contribution < 1.29 is 18.3 Å². The molecule has 1 saturated carbocycles. The summed E-state index contributed by atoms with van der Waals surface area (Å²) in [7, 11) is -3.59. The molecule has 5 rings (SSSR count). The lowest BCUT2D eigenvalue weighted by molar-refractivity contribution is -0.137. The second-order valence-electron chi connectivity index (χ2n) is 8.67. The van der Waals surface area contributed by atoms with E-state index in [0.717, 1.165) is 49.4 Å². The van der Waals surface area contributed by atoms with Gasteiger partial charge in [0.1, 0.15) is 5.52 Å². The molecular weight excluding hydrogens is 480 g/mol. The van der Waals surface area contributed by atoms with Gasteiger partial charge in [-0.2, -0.15) is 4.31 Å². The molecule has 0 spiro atoms. The lowest BCUT2D eigenvalue weighted by Crippen LogP contribution is -2.42. The Morgan fingerprint density at radius 3 is 2.53 bits per heavy atom. The molecule has 1 aliphatic heterocycles. The van der Waals surface area contributed by atoms with E-state index >= 15 is 0 Å². The zero-order valence-corrected chi connectivity index (χ0v) is 20.7. The van der Waals surface area contributed by atoms with Crippen molar-refractivity contribution in [3.63, 3.8) is 0 Å². The number of hydrogen-bond donors (Lipinski definition) is 4. The fraction of sp³-hybridized carbons (Fsp3) is 0.478. The molecule has 0 radical (unpaired) electrons. The van der Waals surface area contributed by atoms with Gasteiger partial charge in [-0.1, -0.05) is 6.92 Å². The van der Waals surface area contributed by atoms with E-state index in [9.17, 15) is 18.0 Å². The first-order valence-corrected chi connectivity index (χ1v) is 12.9. The van der Waals surface area contributed by atoms with Crippen molar-refractivity contribution in [1.29, 1.82) is 0 Å². The van der Waals surface area contributed by atoms with Crippen molar-refractivity contribution in [2.75, 3.05) is 13.1 Å². The summed E-state index contributed by atoms with van der Waals surface area (Å²) < 4.78 is 28.5. The molecule has 0 amide bonds. The van der Waals surface area contributed by atoms with Gasteiger partial charge in [0.25, 0.3) is 5.56 Å². The van der Waals surface area contributed by atoms with E-state index in [1.807, 2.05) is 13.0 Å². The second-order valence-corrected chi connectivity index (χ2v) is 10.6. The Bertz CT molecular complexity index is 1310. The Kier molecular flexibility index (Phi) is 8.40. The Hall–Kier alpha value is -2.40. The van der Waals surface area contributed by atoms with Crippen LogP contribution in [0.2, 0.25) is 0 Å². The van der Waals surface area contributed by atoms with Crippen molar-refractivity contribution in [3.8, 4) is 0 Å². The molecular formula is C23H31ClN4O5S. The Balaban J connectivity index is 0.000000415. The Morgan fingerprint density at radius 1 is 1.18 bits per heavy atom. The van der Waals surface area contributed by atoms with Crippen LogP contribution in [0, 0.1) is 0 Å². The zero-order chi connectivity index (χ0) is 23.6. The second kappa shape index (κ2) is 10.9. The maximum Gasteiger partial charge on any atom is 0.303 e. The number of fused-ring (bicyclic) bond motifs is 3. The summed E-state index contributed by atoms with van der Waals surface area (Å²) in [5.41, 5.74) is 0.901. The summed E-state index contributed by atoms with van der Waals surface area (Å²) in [4.78, 5) is 27.7. The lowest BCUT2D eigenvalue weighted by Gasteiger charge is -2.25. The van der Waals surface area contributed by atoms with Crippen molar-refractivity contribution in [3.05, 3.63) is 40.8 Å². The van der Waals surface area contributed by atoms with Gasteiger partial charge in [0.2, 0.25) is 10.0 Å². The molecule has 4 N–H and O–H groups in total. The number of pyridine rings is 1. The number of carboxylic acids is 1. The first-order valence-electron chi connectivity index (χ1n) is 11.4. The average Bonchev–Trinajstić information content (AvgIpc) is 3.25. The number of carbonyl (C=O) groups is 1. The summed E-state index contributed by atoms with van der Waals surface area (Å²) in [5, 5.41) is 12.8. The highest BCUT2D eigenvalue weighted by Gasteiger charge is 2.39. The number of nitrogens with zero attached hydrogens (tertiary/aromatic N) is 1. The molecule has 3 aromatic rings. The number of aromatic amines is 2. The normalized spacial score (nSPS) is 18.0. The number of rotatable bonds is 7. The van der Waals surface area contributed by atoms with Crippen molar-refractivity contribution in [2.45, 2.75) is 62.4 Å². The molecule has 1 aliphatic carbocycles. The summed E-state index contributed by atoms with van der Waals surface area (Å²) in [6, 6.07) is 7.13. The molecule has 3 heterocycles. The van der Waals surface area contributed by atoms with E-state index in [0.29, 0.717) is 24.0 Å². The standard InChI is InChI=1S/C19H22N4O3S.C4H8O2.ClH/c24-19-18-15(7-9-21-18)16-10-14(5-6-17(16)22-19)27(25,26)23(13-3-4-13)11-12-2-1-8-20-12;1-2-3-4(5)6;/h5-7,9-10,12-13,20-21H,1-4,8,11H2,(H,22,24);2-3H2,1H3,(H,5,6);1H/t12-;;/m0../s1. The van der Waals surface area contributed by atoms with Crippen LogP contribution in [0.4, 0.5) is 0 Å². The Morgan fingerprint density at radius 2 is 1.94 bits per heavy atom. The van der Waals surface area contributed by atoms with E-state index < -0.39 is 16.0 Å². The van der Waals surface area contributed by atoms with Crippen LogP contribution in [0.5, 0.6) is 0 Å². The lowest BCUT2D eigenvalue weighted by atomic mass is 10.1. The van der Waals surface area contributed by atoms with Gasteiger partial charge < -0.3 is 20.4 Å². The van der Waals surface area contributed by atoms with Gasteiger partial charge >= 0.3 is 5.97 Å². The molecule has 2 aliphatic rings. The van der Waals surface area contributed by atoms with Gasteiger partial charge in [-0.15, -0.1) is 12.4 Å². The molecule has 11 heteroatoms. The third kappa shape index (κ3) is 5.63. The first kappa shape index (κ1) is 26.2. The summed E-state index contributed by atoms with van der Waals surface area (Å²) in [6.45, 7) is 3.32. The SMILES string of the molecule is CCCC(=O)O.Cl.O=c1[nH]c2ccc(S(=O)(=O)N(C[C@@H]3CCCN3)C3CC3)cc2c2cc[nH]c12. The highest BCUT2D eigenvalue weighted by Crippen LogP contribution is 2.34. The van der Waals surface area contributed by atoms with E-state index in [-0.39, 0.29) is 34.9 Å². The fourth-order valence-electron chi connectivity index (χ4n) is 4.27. The summed E-state index contributed by atoms with van der Waals surface area (Å²) >= 11 is 0. The minimum Gasteiger partial charge on any atom is -0.481 e. The molecule has 34 heavy (non-hydrogen) atoms. The topological polar surface area (TPSA) is 135 Å². The van der Waals surface area contributed by atoms with Crippen LogP contribution < -0.4 is 10.9 Å². The number of carboxylic acid groups (broad SMARTS) is 1. The highest BCUT2D eigenvalue weighted by molar-refractivity contribution is 7.89. The zero-order valence-electron chi connectivity index (χ0n) is 19.0. The molecule has 1 aromatic carbocycles. The predicted octanol–water partition coefficient (Wildman–Crippen LogP) is 3.21. The molecule has 0 bridgehead atoms. The van der Waals surface area contributed by atoms with Crippen LogP contribution >= 0.6 is 12.4 Å². The number of hydrogen-bond acceptors (Lipinski definition) is 5. The van der Waals surface area contributed by atoms with Gasteiger partial charge in [-0.25, -0.2) is 8.42 Å². The van der Waals surface area contributed by atoms with Gasteiger partial charge in [0, 0.05) is 47.5 Å². The van der Waals surface area contributed by atoms with Crippen molar-refractivity contribution in [1.82, 2.24) is 19.6 Å². The van der Waals surface area contributed by atoms with E-state index in [4.69, 9.17) is 5.11 Å². The number of aliphatic carboxylic acids is 1. The van der Waals surface area contributed by atoms with Gasteiger partial charge in [-0.05, 0) is 62.9 Å². The van der Waals surface area contributed by atoms with E-state index in [1.165, 1.54) is 0 Å². The largest absolute Gasteiger partial charge is 0.481 e. The average molecular weight is 511 g/mol. The maximum atomic E-state index is 13.4. The molecule has 2 fully saturated rings. The summed E-state index contributed by atoms with van der Waals surface area (Å²) in [6.07, 6.45) is 6.68. The molecule has 9 nitrogen and oxygen atoms in total. The Labute approximate surface area is 204 Å². The number of halogens is 1. The number of nitrogens with one attached hydrogen (secondary N) is 3. The van der Waals surface area contributed by atoms with Crippen molar-refractivity contribution in [2.24, 2.45) is 0 Å². The third-order valence-electron chi connectivity index (χ3n) is 6.09. The minimum atomic E-state index is -3.59. The highest BCUT2D eigenvalue weighted by atomic mass is 35.5. The van der Waals surface area contributed by atoms with Gasteiger partial charge in [-0.3, -0.25) is 9.59 Å². The molecule has 186 valence electrons. The molecule has 0 unspecified atom stereocenters. The minimum absolute atomic E-state index is 0. The maximum absolute atomic E-state index is 13.4. The number of H-pyrrole nitrogens is 2. The van der Waals surface area contributed by atoms with E-state index in [2.05, 4.69) is 15.3 Å². The molecule has 1 atom stereocenters.